The Bertz CT molecular complexity index is 561. The summed E-state index contributed by atoms with van der Waals surface area (Å²) in [6.07, 6.45) is 3.09. The zero-order chi connectivity index (χ0) is 14.1. The van der Waals surface area contributed by atoms with Gasteiger partial charge in [0, 0.05) is 0 Å². The van der Waals surface area contributed by atoms with Crippen LogP contribution in [0.2, 0.25) is 0 Å². The fraction of sp³-hybridized carbons (Fsp3) is 0.750. The Labute approximate surface area is 112 Å². The fourth-order valence-corrected chi connectivity index (χ4v) is 4.95. The number of carbonyl (C=O) groups is 1. The van der Waals surface area contributed by atoms with Gasteiger partial charge in [0.15, 0.2) is 0 Å². The smallest absolute Gasteiger partial charge is 0.424 e. The lowest BCUT2D eigenvalue weighted by Gasteiger charge is -2.24. The first kappa shape index (κ1) is 12.9. The van der Waals surface area contributed by atoms with Gasteiger partial charge in [-0.15, -0.1) is 0 Å². The van der Waals surface area contributed by atoms with Crippen LogP contribution in [0.4, 0.5) is 4.79 Å². The van der Waals surface area contributed by atoms with Crippen molar-refractivity contribution < 1.29 is 22.7 Å². The van der Waals surface area contributed by atoms with Gasteiger partial charge in [0.2, 0.25) is 10.0 Å². The third-order valence-corrected chi connectivity index (χ3v) is 5.81. The van der Waals surface area contributed by atoms with Gasteiger partial charge in [0.1, 0.15) is 16.5 Å². The van der Waals surface area contributed by atoms with E-state index in [9.17, 15) is 13.2 Å². The standard InChI is InChI=1S/C12H17NO5S/c1-11(2,3)18-10(14)13-7-12-5-4-8(17-12)6-9(12)19(13,15)16/h4-5,8-9H,6-7H2,1-3H3/t8-,9-,12-/m1/s1. The van der Waals surface area contributed by atoms with Crippen LogP contribution in [-0.2, 0) is 19.5 Å². The Balaban J connectivity index is 1.90. The van der Waals surface area contributed by atoms with Crippen molar-refractivity contribution in [1.29, 1.82) is 0 Å². The molecule has 0 aliphatic carbocycles. The average molecular weight is 287 g/mol. The number of nitrogens with zero attached hydrogens (tertiary/aromatic N) is 1. The highest BCUT2D eigenvalue weighted by molar-refractivity contribution is 7.90. The molecule has 0 N–H and O–H groups in total. The topological polar surface area (TPSA) is 72.9 Å². The first-order valence-corrected chi connectivity index (χ1v) is 7.76. The molecule has 0 radical (unpaired) electrons. The summed E-state index contributed by atoms with van der Waals surface area (Å²) in [4.78, 5) is 12.0. The summed E-state index contributed by atoms with van der Waals surface area (Å²) in [5, 5.41) is -0.664. The van der Waals surface area contributed by atoms with Crippen LogP contribution < -0.4 is 0 Å². The summed E-state index contributed by atoms with van der Waals surface area (Å²) in [7, 11) is -3.69. The molecule has 3 aliphatic rings. The lowest BCUT2D eigenvalue weighted by Crippen LogP contribution is -2.40. The summed E-state index contributed by atoms with van der Waals surface area (Å²) in [6.45, 7) is 5.13. The van der Waals surface area contributed by atoms with Crippen LogP contribution in [0.15, 0.2) is 12.2 Å². The van der Waals surface area contributed by atoms with Gasteiger partial charge in [-0.25, -0.2) is 17.5 Å². The Morgan fingerprint density at radius 1 is 1.47 bits per heavy atom. The monoisotopic (exact) mass is 287 g/mol. The van der Waals surface area contributed by atoms with Crippen molar-refractivity contribution in [2.75, 3.05) is 6.54 Å². The van der Waals surface area contributed by atoms with Crippen LogP contribution in [0, 0.1) is 0 Å². The highest BCUT2D eigenvalue weighted by Gasteiger charge is 2.65. The van der Waals surface area contributed by atoms with Crippen molar-refractivity contribution >= 4 is 16.1 Å². The average Bonchev–Trinajstić information content (AvgIpc) is 2.85. The third kappa shape index (κ3) is 1.79. The maximum atomic E-state index is 12.4. The van der Waals surface area contributed by atoms with Crippen LogP contribution in [-0.4, -0.2) is 47.9 Å². The van der Waals surface area contributed by atoms with Gasteiger partial charge in [-0.05, 0) is 27.2 Å². The summed E-state index contributed by atoms with van der Waals surface area (Å²) in [6, 6.07) is 0. The van der Waals surface area contributed by atoms with E-state index in [1.165, 1.54) is 0 Å². The largest absolute Gasteiger partial charge is 0.443 e. The number of amides is 1. The van der Waals surface area contributed by atoms with Gasteiger partial charge in [-0.2, -0.15) is 0 Å². The Hall–Kier alpha value is -1.08. The molecule has 2 bridgehead atoms. The lowest BCUT2D eigenvalue weighted by molar-refractivity contribution is 0.0127. The van der Waals surface area contributed by atoms with E-state index < -0.39 is 32.6 Å². The van der Waals surface area contributed by atoms with Crippen LogP contribution in [0.25, 0.3) is 0 Å². The molecule has 0 unspecified atom stereocenters. The molecule has 0 saturated carbocycles. The van der Waals surface area contributed by atoms with Crippen LogP contribution in [0.1, 0.15) is 27.2 Å². The number of rotatable bonds is 0. The van der Waals surface area contributed by atoms with E-state index in [4.69, 9.17) is 9.47 Å². The van der Waals surface area contributed by atoms with Crippen molar-refractivity contribution in [3.05, 3.63) is 12.2 Å². The molecule has 2 saturated heterocycles. The molecule has 7 heteroatoms. The normalized spacial score (nSPS) is 38.6. The number of ether oxygens (including phenoxy) is 2. The predicted octanol–water partition coefficient (Wildman–Crippen LogP) is 1.03. The van der Waals surface area contributed by atoms with E-state index in [0.29, 0.717) is 6.42 Å². The van der Waals surface area contributed by atoms with Crippen LogP contribution in [0.5, 0.6) is 0 Å². The number of hydrogen-bond acceptors (Lipinski definition) is 5. The van der Waals surface area contributed by atoms with Crippen molar-refractivity contribution in [3.8, 4) is 0 Å². The van der Waals surface area contributed by atoms with Gasteiger partial charge >= 0.3 is 6.09 Å². The van der Waals surface area contributed by atoms with Crippen molar-refractivity contribution in [1.82, 2.24) is 4.31 Å². The van der Waals surface area contributed by atoms with Crippen molar-refractivity contribution in [2.24, 2.45) is 0 Å². The predicted molar refractivity (Wildman–Crippen MR) is 67.0 cm³/mol. The quantitative estimate of drug-likeness (QED) is 0.622. The molecule has 1 spiro atoms. The highest BCUT2D eigenvalue weighted by Crippen LogP contribution is 2.48. The summed E-state index contributed by atoms with van der Waals surface area (Å²) in [5.41, 5.74) is -1.59. The minimum Gasteiger partial charge on any atom is -0.443 e. The van der Waals surface area contributed by atoms with E-state index in [0.717, 1.165) is 4.31 Å². The minimum absolute atomic E-state index is 0.0158. The van der Waals surface area contributed by atoms with E-state index in [-0.39, 0.29) is 12.6 Å². The first-order chi connectivity index (χ1) is 8.64. The van der Waals surface area contributed by atoms with E-state index in [1.54, 1.807) is 26.8 Å². The molecule has 0 aromatic carbocycles. The van der Waals surface area contributed by atoms with E-state index in [2.05, 4.69) is 0 Å². The van der Waals surface area contributed by atoms with Gasteiger partial charge < -0.3 is 9.47 Å². The number of fused-ring (bicyclic) bond motifs is 1. The summed E-state index contributed by atoms with van der Waals surface area (Å²) >= 11 is 0. The molecule has 6 nitrogen and oxygen atoms in total. The maximum absolute atomic E-state index is 12.4. The van der Waals surface area contributed by atoms with Gasteiger partial charge in [0.05, 0.1) is 12.6 Å². The fourth-order valence-electron chi connectivity index (χ4n) is 2.87. The summed E-state index contributed by atoms with van der Waals surface area (Å²) in [5.74, 6) is 0. The second-order valence-electron chi connectivity index (χ2n) is 6.23. The van der Waals surface area contributed by atoms with Crippen LogP contribution >= 0.6 is 0 Å². The van der Waals surface area contributed by atoms with Crippen molar-refractivity contribution in [3.63, 3.8) is 0 Å². The number of sulfonamides is 1. The molecule has 1 amide bonds. The molecule has 106 valence electrons. The first-order valence-electron chi connectivity index (χ1n) is 6.26. The maximum Gasteiger partial charge on any atom is 0.424 e. The van der Waals surface area contributed by atoms with Gasteiger partial charge in [0.25, 0.3) is 0 Å². The zero-order valence-corrected chi connectivity index (χ0v) is 11.9. The number of hydrogen-bond donors (Lipinski definition) is 0. The molecule has 3 atom stereocenters. The molecule has 0 aromatic rings. The second-order valence-corrected chi connectivity index (χ2v) is 8.27. The number of carbonyl (C=O) groups excluding carboxylic acids is 1. The van der Waals surface area contributed by atoms with Crippen LogP contribution in [0.3, 0.4) is 0 Å². The van der Waals surface area contributed by atoms with Gasteiger partial charge in [-0.1, -0.05) is 12.2 Å². The van der Waals surface area contributed by atoms with Crippen molar-refractivity contribution in [2.45, 2.75) is 49.7 Å². The molecule has 3 aliphatic heterocycles. The SMILES string of the molecule is CC(C)(C)OC(=O)N1C[C@]23C=C[C@H](C[C@H]2S1(=O)=O)O3. The Morgan fingerprint density at radius 2 is 2.16 bits per heavy atom. The Morgan fingerprint density at radius 3 is 2.68 bits per heavy atom. The third-order valence-electron chi connectivity index (χ3n) is 3.61. The van der Waals surface area contributed by atoms with Gasteiger partial charge in [-0.3, -0.25) is 0 Å². The Kier molecular flexibility index (Phi) is 2.39. The van der Waals surface area contributed by atoms with E-state index in [1.807, 2.05) is 6.08 Å². The molecular weight excluding hydrogens is 270 g/mol. The molecule has 2 fully saturated rings. The molecule has 0 aromatic heterocycles. The minimum atomic E-state index is -3.69. The summed E-state index contributed by atoms with van der Waals surface area (Å²) < 4.78 is 36.5. The highest BCUT2D eigenvalue weighted by atomic mass is 32.2. The molecule has 3 heterocycles. The lowest BCUT2D eigenvalue weighted by atomic mass is 9.94. The molecular formula is C12H17NO5S. The van der Waals surface area contributed by atoms with E-state index >= 15 is 0 Å². The molecule has 3 rings (SSSR count). The second kappa shape index (κ2) is 3.52. The zero-order valence-electron chi connectivity index (χ0n) is 11.1. The molecule has 19 heavy (non-hydrogen) atoms.